The van der Waals surface area contributed by atoms with Crippen LogP contribution < -0.4 is 4.74 Å². The highest BCUT2D eigenvalue weighted by Crippen LogP contribution is 2.19. The lowest BCUT2D eigenvalue weighted by Gasteiger charge is -2.11. The van der Waals surface area contributed by atoms with Crippen molar-refractivity contribution < 1.29 is 23.4 Å². The normalized spacial score (nSPS) is 12.5. The summed E-state index contributed by atoms with van der Waals surface area (Å²) < 4.78 is 29.3. The van der Waals surface area contributed by atoms with Crippen molar-refractivity contribution in [3.05, 3.63) is 29.8 Å². The van der Waals surface area contributed by atoms with Crippen molar-refractivity contribution in [3.63, 3.8) is 0 Å². The van der Waals surface area contributed by atoms with Crippen LogP contribution in [-0.4, -0.2) is 24.6 Å². The molecule has 1 aromatic carbocycles. The van der Waals surface area contributed by atoms with Crippen LogP contribution in [0.15, 0.2) is 24.3 Å². The molecular formula is C12H14F2O3. The Labute approximate surface area is 98.0 Å². The van der Waals surface area contributed by atoms with Crippen molar-refractivity contribution in [2.75, 3.05) is 7.11 Å². The topological polar surface area (TPSA) is 46.5 Å². The highest BCUT2D eigenvalue weighted by Gasteiger charge is 2.22. The molecule has 0 saturated carbocycles. The van der Waals surface area contributed by atoms with Crippen molar-refractivity contribution >= 4 is 5.97 Å². The number of alkyl halides is 2. The molecule has 0 bridgehead atoms. The fourth-order valence-electron chi connectivity index (χ4n) is 1.53. The number of carboxylic acids is 1. The molecule has 0 spiro atoms. The summed E-state index contributed by atoms with van der Waals surface area (Å²) in [6.45, 7) is 0. The molecule has 0 aliphatic heterocycles. The van der Waals surface area contributed by atoms with Crippen LogP contribution in [0.1, 0.15) is 12.0 Å². The smallest absolute Gasteiger partial charge is 0.307 e. The van der Waals surface area contributed by atoms with Crippen LogP contribution in [0.4, 0.5) is 8.78 Å². The zero-order chi connectivity index (χ0) is 12.8. The average molecular weight is 244 g/mol. The van der Waals surface area contributed by atoms with E-state index in [0.29, 0.717) is 11.3 Å². The first-order valence-electron chi connectivity index (χ1n) is 5.16. The van der Waals surface area contributed by atoms with Crippen LogP contribution in [0.5, 0.6) is 5.75 Å². The Morgan fingerprint density at radius 2 is 1.94 bits per heavy atom. The molecule has 0 heterocycles. The molecule has 1 atom stereocenters. The maximum Gasteiger partial charge on any atom is 0.307 e. The van der Waals surface area contributed by atoms with E-state index in [2.05, 4.69) is 0 Å². The fraction of sp³-hybridized carbons (Fsp3) is 0.417. The van der Waals surface area contributed by atoms with Gasteiger partial charge in [-0.2, -0.15) is 0 Å². The van der Waals surface area contributed by atoms with Crippen molar-refractivity contribution in [3.8, 4) is 5.75 Å². The van der Waals surface area contributed by atoms with Gasteiger partial charge in [-0.15, -0.1) is 0 Å². The molecule has 5 heteroatoms. The minimum absolute atomic E-state index is 0.101. The van der Waals surface area contributed by atoms with E-state index in [-0.39, 0.29) is 6.42 Å². The van der Waals surface area contributed by atoms with E-state index in [1.807, 2.05) is 0 Å². The molecule has 0 radical (unpaired) electrons. The monoisotopic (exact) mass is 244 g/mol. The van der Waals surface area contributed by atoms with E-state index in [0.717, 1.165) is 0 Å². The van der Waals surface area contributed by atoms with Crippen molar-refractivity contribution in [1.82, 2.24) is 0 Å². The quantitative estimate of drug-likeness (QED) is 0.836. The third kappa shape index (κ3) is 4.38. The van der Waals surface area contributed by atoms with E-state index in [1.54, 1.807) is 24.3 Å². The molecule has 1 N–H and O–H groups in total. The molecule has 1 unspecified atom stereocenters. The summed E-state index contributed by atoms with van der Waals surface area (Å²) in [5.74, 6) is -1.60. The second-order valence-corrected chi connectivity index (χ2v) is 3.71. The lowest BCUT2D eigenvalue weighted by atomic mass is 9.96. The second-order valence-electron chi connectivity index (χ2n) is 3.71. The molecule has 0 saturated heterocycles. The fourth-order valence-corrected chi connectivity index (χ4v) is 1.53. The van der Waals surface area contributed by atoms with Gasteiger partial charge in [-0.1, -0.05) is 12.1 Å². The highest BCUT2D eigenvalue weighted by molar-refractivity contribution is 5.70. The number of carbonyl (C=O) groups is 1. The summed E-state index contributed by atoms with van der Waals surface area (Å²) >= 11 is 0. The Kier molecular flexibility index (Phi) is 4.87. The number of hydrogen-bond donors (Lipinski definition) is 1. The number of ether oxygens (including phenoxy) is 1. The van der Waals surface area contributed by atoms with Crippen LogP contribution in [-0.2, 0) is 11.2 Å². The van der Waals surface area contributed by atoms with Gasteiger partial charge < -0.3 is 9.84 Å². The number of rotatable bonds is 6. The molecule has 1 rings (SSSR count). The molecule has 0 aromatic heterocycles. The number of methoxy groups -OCH3 is 1. The zero-order valence-corrected chi connectivity index (χ0v) is 9.40. The van der Waals surface area contributed by atoms with E-state index < -0.39 is 24.7 Å². The summed E-state index contributed by atoms with van der Waals surface area (Å²) in [4.78, 5) is 10.8. The van der Waals surface area contributed by atoms with Crippen molar-refractivity contribution in [1.29, 1.82) is 0 Å². The highest BCUT2D eigenvalue weighted by atomic mass is 19.3. The molecular weight excluding hydrogens is 230 g/mol. The lowest BCUT2D eigenvalue weighted by Crippen LogP contribution is -2.19. The standard InChI is InChI=1S/C12H14F2O3/c1-17-10-4-2-8(3-5-10)6-9(12(15)16)7-11(13)14/h2-5,9,11H,6-7H2,1H3,(H,15,16). The van der Waals surface area contributed by atoms with Gasteiger partial charge in [0.2, 0.25) is 6.43 Å². The molecule has 0 aliphatic rings. The van der Waals surface area contributed by atoms with Gasteiger partial charge in [-0.25, -0.2) is 8.78 Å². The number of hydrogen-bond acceptors (Lipinski definition) is 2. The molecule has 0 amide bonds. The minimum atomic E-state index is -2.60. The summed E-state index contributed by atoms with van der Waals surface area (Å²) in [7, 11) is 1.52. The van der Waals surface area contributed by atoms with Crippen LogP contribution >= 0.6 is 0 Å². The molecule has 17 heavy (non-hydrogen) atoms. The lowest BCUT2D eigenvalue weighted by molar-refractivity contribution is -0.143. The van der Waals surface area contributed by atoms with Gasteiger partial charge in [-0.05, 0) is 24.1 Å². The maximum atomic E-state index is 12.2. The molecule has 0 fully saturated rings. The molecule has 3 nitrogen and oxygen atoms in total. The summed E-state index contributed by atoms with van der Waals surface area (Å²) in [6.07, 6.45) is -3.13. The van der Waals surface area contributed by atoms with Crippen LogP contribution in [0.2, 0.25) is 0 Å². The van der Waals surface area contributed by atoms with Gasteiger partial charge in [0.05, 0.1) is 13.0 Å². The number of aliphatic carboxylic acids is 1. The van der Waals surface area contributed by atoms with Crippen LogP contribution in [0.25, 0.3) is 0 Å². The maximum absolute atomic E-state index is 12.2. The molecule has 94 valence electrons. The first-order valence-corrected chi connectivity index (χ1v) is 5.16. The molecule has 1 aromatic rings. The van der Waals surface area contributed by atoms with Gasteiger partial charge in [0.1, 0.15) is 5.75 Å². The average Bonchev–Trinajstić information content (AvgIpc) is 2.28. The van der Waals surface area contributed by atoms with Crippen molar-refractivity contribution in [2.24, 2.45) is 5.92 Å². The third-order valence-electron chi connectivity index (χ3n) is 2.45. The largest absolute Gasteiger partial charge is 0.497 e. The summed E-state index contributed by atoms with van der Waals surface area (Å²) in [5, 5.41) is 8.83. The van der Waals surface area contributed by atoms with Gasteiger partial charge >= 0.3 is 5.97 Å². The predicted molar refractivity (Wildman–Crippen MR) is 58.4 cm³/mol. The zero-order valence-electron chi connectivity index (χ0n) is 9.40. The summed E-state index contributed by atoms with van der Waals surface area (Å²) in [6, 6.07) is 6.72. The Balaban J connectivity index is 2.68. The Morgan fingerprint density at radius 1 is 1.35 bits per heavy atom. The first kappa shape index (κ1) is 13.4. The minimum Gasteiger partial charge on any atom is -0.497 e. The van der Waals surface area contributed by atoms with Crippen molar-refractivity contribution in [2.45, 2.75) is 19.3 Å². The van der Waals surface area contributed by atoms with Gasteiger partial charge in [0.15, 0.2) is 0 Å². The Morgan fingerprint density at radius 3 is 2.35 bits per heavy atom. The summed E-state index contributed by atoms with van der Waals surface area (Å²) in [5.41, 5.74) is 0.707. The number of halogens is 2. The van der Waals surface area contributed by atoms with Gasteiger partial charge in [0, 0.05) is 6.42 Å². The number of benzene rings is 1. The first-order chi connectivity index (χ1) is 8.02. The second kappa shape index (κ2) is 6.18. The Bertz CT molecular complexity index is 363. The van der Waals surface area contributed by atoms with E-state index in [1.165, 1.54) is 7.11 Å². The van der Waals surface area contributed by atoms with Crippen LogP contribution in [0.3, 0.4) is 0 Å². The third-order valence-corrected chi connectivity index (χ3v) is 2.45. The number of carboxylic acid groups (broad SMARTS) is 1. The van der Waals surface area contributed by atoms with E-state index in [4.69, 9.17) is 9.84 Å². The van der Waals surface area contributed by atoms with Gasteiger partial charge in [0.25, 0.3) is 0 Å². The van der Waals surface area contributed by atoms with Gasteiger partial charge in [-0.3, -0.25) is 4.79 Å². The Hall–Kier alpha value is -1.65. The SMILES string of the molecule is COc1ccc(CC(CC(F)F)C(=O)O)cc1. The van der Waals surface area contributed by atoms with E-state index >= 15 is 0 Å². The predicted octanol–water partition coefficient (Wildman–Crippen LogP) is 2.59. The van der Waals surface area contributed by atoms with Crippen LogP contribution in [0, 0.1) is 5.92 Å². The van der Waals surface area contributed by atoms with E-state index in [9.17, 15) is 13.6 Å². The molecule has 0 aliphatic carbocycles.